The lowest BCUT2D eigenvalue weighted by Gasteiger charge is -2.22. The van der Waals surface area contributed by atoms with Crippen molar-refractivity contribution in [3.05, 3.63) is 0 Å². The third-order valence-electron chi connectivity index (χ3n) is 2.99. The van der Waals surface area contributed by atoms with Gasteiger partial charge in [-0.15, -0.1) is 0 Å². The molecular formula is C11H20N2O3. The van der Waals surface area contributed by atoms with E-state index in [9.17, 15) is 9.59 Å². The average molecular weight is 228 g/mol. The molecule has 5 nitrogen and oxygen atoms in total. The molecular weight excluding hydrogens is 208 g/mol. The maximum absolute atomic E-state index is 11.3. The molecule has 0 radical (unpaired) electrons. The monoisotopic (exact) mass is 228 g/mol. The van der Waals surface area contributed by atoms with Gasteiger partial charge in [-0.2, -0.15) is 0 Å². The van der Waals surface area contributed by atoms with E-state index in [4.69, 9.17) is 5.11 Å². The zero-order valence-electron chi connectivity index (χ0n) is 9.66. The molecule has 5 heteroatoms. The number of rotatable bonds is 4. The number of carboxylic acid groups (broad SMARTS) is 1. The fourth-order valence-corrected chi connectivity index (χ4v) is 1.94. The Hall–Kier alpha value is -1.26. The highest BCUT2D eigenvalue weighted by Crippen LogP contribution is 2.22. The van der Waals surface area contributed by atoms with Gasteiger partial charge in [0.15, 0.2) is 0 Å². The van der Waals surface area contributed by atoms with Crippen molar-refractivity contribution in [1.29, 1.82) is 0 Å². The number of hydrogen-bond donors (Lipinski definition) is 3. The molecule has 0 aromatic heterocycles. The second-order valence-corrected chi connectivity index (χ2v) is 4.42. The number of carboxylic acids is 1. The van der Waals surface area contributed by atoms with Gasteiger partial charge in [0, 0.05) is 6.54 Å². The molecule has 1 aliphatic rings. The van der Waals surface area contributed by atoms with Gasteiger partial charge in [0.05, 0.1) is 0 Å². The smallest absolute Gasteiger partial charge is 0.325 e. The Balaban J connectivity index is 2.16. The van der Waals surface area contributed by atoms with Crippen molar-refractivity contribution in [3.63, 3.8) is 0 Å². The van der Waals surface area contributed by atoms with Gasteiger partial charge in [-0.1, -0.05) is 19.3 Å². The molecule has 0 heterocycles. The Morgan fingerprint density at radius 3 is 2.50 bits per heavy atom. The van der Waals surface area contributed by atoms with E-state index in [1.165, 1.54) is 26.2 Å². The summed E-state index contributed by atoms with van der Waals surface area (Å²) < 4.78 is 0. The van der Waals surface area contributed by atoms with Crippen molar-refractivity contribution >= 4 is 12.0 Å². The summed E-state index contributed by atoms with van der Waals surface area (Å²) in [4.78, 5) is 21.8. The molecule has 1 rings (SSSR count). The normalized spacial score (nSPS) is 18.8. The summed E-state index contributed by atoms with van der Waals surface area (Å²) in [5.74, 6) is -0.465. The van der Waals surface area contributed by atoms with Gasteiger partial charge in [0.2, 0.25) is 0 Å². The number of hydrogen-bond acceptors (Lipinski definition) is 2. The first kappa shape index (κ1) is 12.8. The fourth-order valence-electron chi connectivity index (χ4n) is 1.94. The van der Waals surface area contributed by atoms with Crippen LogP contribution in [-0.2, 0) is 4.79 Å². The number of urea groups is 1. The maximum Gasteiger partial charge on any atom is 0.325 e. The van der Waals surface area contributed by atoms with Crippen molar-refractivity contribution in [2.45, 2.75) is 45.1 Å². The lowest BCUT2D eigenvalue weighted by Crippen LogP contribution is -2.45. The number of carbonyl (C=O) groups excluding carboxylic acids is 1. The van der Waals surface area contributed by atoms with Crippen molar-refractivity contribution in [2.75, 3.05) is 6.54 Å². The van der Waals surface area contributed by atoms with Crippen molar-refractivity contribution in [2.24, 2.45) is 5.92 Å². The molecule has 1 atom stereocenters. The molecule has 0 saturated heterocycles. The third kappa shape index (κ3) is 4.51. The van der Waals surface area contributed by atoms with Crippen LogP contribution in [0.2, 0.25) is 0 Å². The SMILES string of the molecule is C[C@@H](NC(=O)NCC1CCCCC1)C(=O)O. The predicted molar refractivity (Wildman–Crippen MR) is 60.2 cm³/mol. The number of amides is 2. The number of carbonyl (C=O) groups is 2. The van der Waals surface area contributed by atoms with Crippen LogP contribution in [0.25, 0.3) is 0 Å². The molecule has 3 N–H and O–H groups in total. The van der Waals surface area contributed by atoms with Crippen LogP contribution >= 0.6 is 0 Å². The lowest BCUT2D eigenvalue weighted by atomic mass is 9.89. The van der Waals surface area contributed by atoms with Gasteiger partial charge < -0.3 is 15.7 Å². The highest BCUT2D eigenvalue weighted by Gasteiger charge is 2.16. The van der Waals surface area contributed by atoms with E-state index < -0.39 is 12.0 Å². The van der Waals surface area contributed by atoms with Crippen LogP contribution in [0.5, 0.6) is 0 Å². The zero-order valence-corrected chi connectivity index (χ0v) is 9.66. The van der Waals surface area contributed by atoms with E-state index >= 15 is 0 Å². The Kier molecular flexibility index (Phi) is 5.08. The summed E-state index contributed by atoms with van der Waals surface area (Å²) in [6.45, 7) is 2.10. The predicted octanol–water partition coefficient (Wildman–Crippen LogP) is 1.34. The van der Waals surface area contributed by atoms with Gasteiger partial charge in [0.1, 0.15) is 6.04 Å². The topological polar surface area (TPSA) is 78.4 Å². The minimum Gasteiger partial charge on any atom is -0.480 e. The summed E-state index contributed by atoms with van der Waals surface area (Å²) in [7, 11) is 0. The first-order valence-corrected chi connectivity index (χ1v) is 5.86. The highest BCUT2D eigenvalue weighted by molar-refractivity contribution is 5.82. The van der Waals surface area contributed by atoms with E-state index in [0.29, 0.717) is 12.5 Å². The minimum absolute atomic E-state index is 0.388. The summed E-state index contributed by atoms with van der Waals surface area (Å²) in [6, 6.07) is -1.23. The molecule has 1 aliphatic carbocycles. The van der Waals surface area contributed by atoms with Crippen molar-refractivity contribution in [1.82, 2.24) is 10.6 Å². The standard InChI is InChI=1S/C11H20N2O3/c1-8(10(14)15)13-11(16)12-7-9-5-3-2-4-6-9/h8-9H,2-7H2,1H3,(H,14,15)(H2,12,13,16)/t8-/m1/s1. The molecule has 1 fully saturated rings. The van der Waals surface area contributed by atoms with E-state index in [2.05, 4.69) is 10.6 Å². The Labute approximate surface area is 95.6 Å². The average Bonchev–Trinajstić information content (AvgIpc) is 2.27. The second kappa shape index (κ2) is 6.35. The summed E-state index contributed by atoms with van der Waals surface area (Å²) in [6.07, 6.45) is 6.08. The largest absolute Gasteiger partial charge is 0.480 e. The molecule has 92 valence electrons. The quantitative estimate of drug-likeness (QED) is 0.679. The van der Waals surface area contributed by atoms with Gasteiger partial charge >= 0.3 is 12.0 Å². The first-order valence-electron chi connectivity index (χ1n) is 5.86. The van der Waals surface area contributed by atoms with Gasteiger partial charge in [0.25, 0.3) is 0 Å². The Morgan fingerprint density at radius 1 is 1.31 bits per heavy atom. The van der Waals surface area contributed by atoms with E-state index in [1.54, 1.807) is 0 Å². The molecule has 0 aromatic carbocycles. The molecule has 0 bridgehead atoms. The summed E-state index contributed by atoms with van der Waals surface area (Å²) >= 11 is 0. The maximum atomic E-state index is 11.3. The van der Waals surface area contributed by atoms with Crippen LogP contribution in [0.15, 0.2) is 0 Å². The van der Waals surface area contributed by atoms with E-state index in [0.717, 1.165) is 12.8 Å². The van der Waals surface area contributed by atoms with Crippen molar-refractivity contribution < 1.29 is 14.7 Å². The minimum atomic E-state index is -1.02. The molecule has 0 aliphatic heterocycles. The molecule has 1 saturated carbocycles. The Bertz CT molecular complexity index is 250. The molecule has 0 unspecified atom stereocenters. The van der Waals surface area contributed by atoms with E-state index in [1.807, 2.05) is 0 Å². The van der Waals surface area contributed by atoms with Crippen molar-refractivity contribution in [3.8, 4) is 0 Å². The zero-order chi connectivity index (χ0) is 12.0. The highest BCUT2D eigenvalue weighted by atomic mass is 16.4. The molecule has 2 amide bonds. The van der Waals surface area contributed by atoms with Crippen LogP contribution in [0, 0.1) is 5.92 Å². The summed E-state index contributed by atoms with van der Waals surface area (Å²) in [5, 5.41) is 13.7. The molecule has 0 spiro atoms. The first-order chi connectivity index (χ1) is 7.59. The number of nitrogens with one attached hydrogen (secondary N) is 2. The van der Waals surface area contributed by atoms with Crippen LogP contribution in [0.4, 0.5) is 4.79 Å². The summed E-state index contributed by atoms with van der Waals surface area (Å²) in [5.41, 5.74) is 0. The van der Waals surface area contributed by atoms with Crippen LogP contribution in [0.1, 0.15) is 39.0 Å². The van der Waals surface area contributed by atoms with Crippen LogP contribution < -0.4 is 10.6 Å². The van der Waals surface area contributed by atoms with Gasteiger partial charge in [-0.05, 0) is 25.7 Å². The molecule has 16 heavy (non-hydrogen) atoms. The Morgan fingerprint density at radius 2 is 1.94 bits per heavy atom. The van der Waals surface area contributed by atoms with E-state index in [-0.39, 0.29) is 6.03 Å². The number of aliphatic carboxylic acids is 1. The second-order valence-electron chi connectivity index (χ2n) is 4.42. The van der Waals surface area contributed by atoms with Gasteiger partial charge in [-0.3, -0.25) is 4.79 Å². The lowest BCUT2D eigenvalue weighted by molar-refractivity contribution is -0.138. The molecule has 0 aromatic rings. The van der Waals surface area contributed by atoms with Crippen LogP contribution in [-0.4, -0.2) is 29.7 Å². The van der Waals surface area contributed by atoms with Gasteiger partial charge in [-0.25, -0.2) is 4.79 Å². The van der Waals surface area contributed by atoms with Crippen LogP contribution in [0.3, 0.4) is 0 Å². The third-order valence-corrected chi connectivity index (χ3v) is 2.99. The fraction of sp³-hybridized carbons (Fsp3) is 0.818.